The van der Waals surface area contributed by atoms with Gasteiger partial charge in [-0.25, -0.2) is 4.98 Å². The summed E-state index contributed by atoms with van der Waals surface area (Å²) in [6, 6.07) is 15.3. The summed E-state index contributed by atoms with van der Waals surface area (Å²) >= 11 is 1.45. The van der Waals surface area contributed by atoms with Crippen LogP contribution < -0.4 is 10.1 Å². The van der Waals surface area contributed by atoms with Crippen LogP contribution in [0.15, 0.2) is 54.9 Å². The highest BCUT2D eigenvalue weighted by atomic mass is 32.1. The lowest BCUT2D eigenvalue weighted by atomic mass is 10.1. The van der Waals surface area contributed by atoms with Crippen LogP contribution in [0.1, 0.15) is 21.6 Å². The van der Waals surface area contributed by atoms with Crippen molar-refractivity contribution < 1.29 is 9.53 Å². The highest BCUT2D eigenvalue weighted by Crippen LogP contribution is 2.25. The molecule has 6 nitrogen and oxygen atoms in total. The molecular weight excluding hydrogens is 384 g/mol. The average molecular weight is 402 g/mol. The van der Waals surface area contributed by atoms with Crippen molar-refractivity contribution in [3.8, 4) is 11.8 Å². The first-order valence-electron chi connectivity index (χ1n) is 9.02. The van der Waals surface area contributed by atoms with Gasteiger partial charge in [-0.3, -0.25) is 4.79 Å². The molecule has 0 saturated heterocycles. The maximum absolute atomic E-state index is 12.5. The second-order valence-electron chi connectivity index (χ2n) is 6.57. The molecule has 29 heavy (non-hydrogen) atoms. The zero-order valence-electron chi connectivity index (χ0n) is 15.7. The van der Waals surface area contributed by atoms with Gasteiger partial charge in [-0.1, -0.05) is 12.1 Å². The molecule has 1 amide bonds. The van der Waals surface area contributed by atoms with Gasteiger partial charge in [0.25, 0.3) is 0 Å². The fraction of sp³-hybridized carbons (Fsp3) is 0.136. The molecule has 2 N–H and O–H groups in total. The van der Waals surface area contributed by atoms with Crippen molar-refractivity contribution in [1.29, 1.82) is 5.26 Å². The van der Waals surface area contributed by atoms with Crippen molar-refractivity contribution in [2.75, 3.05) is 12.4 Å². The van der Waals surface area contributed by atoms with Crippen LogP contribution in [0.2, 0.25) is 0 Å². The van der Waals surface area contributed by atoms with Gasteiger partial charge in [-0.15, -0.1) is 11.3 Å². The predicted octanol–water partition coefficient (Wildman–Crippen LogP) is 4.28. The summed E-state index contributed by atoms with van der Waals surface area (Å²) in [6.45, 7) is 0. The van der Waals surface area contributed by atoms with E-state index in [2.05, 4.69) is 21.4 Å². The summed E-state index contributed by atoms with van der Waals surface area (Å²) in [6.07, 6.45) is 4.58. The number of ether oxygens (including phenoxy) is 1. The number of hydrogen-bond donors (Lipinski definition) is 2. The van der Waals surface area contributed by atoms with Crippen LogP contribution in [0.5, 0.6) is 5.75 Å². The minimum atomic E-state index is -0.118. The molecule has 2 heterocycles. The van der Waals surface area contributed by atoms with Crippen LogP contribution in [0, 0.1) is 11.3 Å². The molecule has 4 rings (SSSR count). The zero-order valence-corrected chi connectivity index (χ0v) is 16.5. The summed E-state index contributed by atoms with van der Waals surface area (Å²) in [7, 11) is 1.62. The molecule has 0 bridgehead atoms. The second kappa shape index (κ2) is 8.17. The van der Waals surface area contributed by atoms with E-state index in [1.165, 1.54) is 11.3 Å². The van der Waals surface area contributed by atoms with Gasteiger partial charge in [-0.05, 0) is 41.5 Å². The molecule has 0 aliphatic heterocycles. The van der Waals surface area contributed by atoms with Crippen LogP contribution in [0.4, 0.5) is 5.13 Å². The van der Waals surface area contributed by atoms with Crippen molar-refractivity contribution in [2.45, 2.75) is 12.8 Å². The number of nitrogens with zero attached hydrogens (tertiary/aromatic N) is 2. The molecule has 0 aliphatic rings. The van der Waals surface area contributed by atoms with Crippen molar-refractivity contribution in [1.82, 2.24) is 9.97 Å². The summed E-state index contributed by atoms with van der Waals surface area (Å²) in [4.78, 5) is 21.0. The number of anilines is 1. The quantitative estimate of drug-likeness (QED) is 0.504. The van der Waals surface area contributed by atoms with E-state index in [9.17, 15) is 4.79 Å². The summed E-state index contributed by atoms with van der Waals surface area (Å²) in [5.41, 5.74) is 3.61. The van der Waals surface area contributed by atoms with E-state index in [0.717, 1.165) is 32.7 Å². The van der Waals surface area contributed by atoms with Crippen molar-refractivity contribution in [2.24, 2.45) is 0 Å². The Labute approximate surface area is 171 Å². The molecule has 0 radical (unpaired) electrons. The second-order valence-corrected chi connectivity index (χ2v) is 7.68. The molecule has 0 atom stereocenters. The van der Waals surface area contributed by atoms with Gasteiger partial charge >= 0.3 is 0 Å². The summed E-state index contributed by atoms with van der Waals surface area (Å²) in [5.74, 6) is 0.638. The lowest BCUT2D eigenvalue weighted by molar-refractivity contribution is -0.115. The smallest absolute Gasteiger partial charge is 0.230 e. The van der Waals surface area contributed by atoms with Crippen LogP contribution in [-0.4, -0.2) is 23.0 Å². The molecule has 0 unspecified atom stereocenters. The van der Waals surface area contributed by atoms with Gasteiger partial charge in [0.15, 0.2) is 5.13 Å². The first kappa shape index (κ1) is 18.7. The number of rotatable bonds is 6. The predicted molar refractivity (Wildman–Crippen MR) is 113 cm³/mol. The average Bonchev–Trinajstić information content (AvgIpc) is 3.35. The fourth-order valence-corrected chi connectivity index (χ4v) is 3.98. The molecule has 7 heteroatoms. The number of hydrogen-bond acceptors (Lipinski definition) is 5. The molecule has 4 aromatic rings. The first-order valence-corrected chi connectivity index (χ1v) is 9.84. The molecule has 144 valence electrons. The van der Waals surface area contributed by atoms with Crippen LogP contribution in [0.25, 0.3) is 10.9 Å². The van der Waals surface area contributed by atoms with E-state index in [1.54, 1.807) is 25.4 Å². The Kier molecular flexibility index (Phi) is 5.27. The van der Waals surface area contributed by atoms with Crippen molar-refractivity contribution >= 4 is 33.3 Å². The standard InChI is InChI=1S/C22H18N4O2S/c1-28-17-6-7-20-19(10-17)16(12-24-20)9-21(27)26-22-25-13-18(29-22)8-14-2-4-15(11-23)5-3-14/h2-7,10,12-13,24H,8-9H2,1H3,(H,25,26,27). The normalized spacial score (nSPS) is 10.6. The Morgan fingerprint density at radius 2 is 2.10 bits per heavy atom. The number of carbonyl (C=O) groups excluding carboxylic acids is 1. The summed E-state index contributed by atoms with van der Waals surface area (Å²) in [5, 5.41) is 13.3. The number of benzene rings is 2. The Hall–Kier alpha value is -3.63. The third-order valence-electron chi connectivity index (χ3n) is 4.59. The molecule has 2 aromatic heterocycles. The number of aromatic nitrogens is 2. The minimum Gasteiger partial charge on any atom is -0.497 e. The zero-order chi connectivity index (χ0) is 20.2. The topological polar surface area (TPSA) is 90.8 Å². The van der Waals surface area contributed by atoms with Crippen LogP contribution in [0.3, 0.4) is 0 Å². The number of carbonyl (C=O) groups is 1. The lowest BCUT2D eigenvalue weighted by Gasteiger charge is -2.03. The molecule has 0 saturated carbocycles. The van der Waals surface area contributed by atoms with Gasteiger partial charge in [0.05, 0.1) is 25.2 Å². The van der Waals surface area contributed by atoms with Gasteiger partial charge in [0, 0.05) is 34.6 Å². The Balaban J connectivity index is 1.41. The molecular formula is C22H18N4O2S. The number of fused-ring (bicyclic) bond motifs is 1. The Morgan fingerprint density at radius 1 is 1.28 bits per heavy atom. The number of H-pyrrole nitrogens is 1. The van der Waals surface area contributed by atoms with E-state index in [0.29, 0.717) is 17.1 Å². The maximum atomic E-state index is 12.5. The van der Waals surface area contributed by atoms with Crippen LogP contribution in [-0.2, 0) is 17.6 Å². The highest BCUT2D eigenvalue weighted by Gasteiger charge is 2.12. The van der Waals surface area contributed by atoms with Gasteiger partial charge in [0.2, 0.25) is 5.91 Å². The third-order valence-corrected chi connectivity index (χ3v) is 5.50. The largest absolute Gasteiger partial charge is 0.497 e. The Bertz CT molecular complexity index is 1200. The monoisotopic (exact) mass is 402 g/mol. The van der Waals surface area contributed by atoms with Gasteiger partial charge in [0.1, 0.15) is 5.75 Å². The number of nitriles is 1. The number of nitrogens with one attached hydrogen (secondary N) is 2. The van der Waals surface area contributed by atoms with E-state index in [1.807, 2.05) is 36.5 Å². The third kappa shape index (κ3) is 4.28. The van der Waals surface area contributed by atoms with Crippen LogP contribution >= 0.6 is 11.3 Å². The first-order chi connectivity index (χ1) is 14.1. The maximum Gasteiger partial charge on any atom is 0.230 e. The Morgan fingerprint density at radius 3 is 2.86 bits per heavy atom. The van der Waals surface area contributed by atoms with E-state index >= 15 is 0 Å². The van der Waals surface area contributed by atoms with Gasteiger partial charge < -0.3 is 15.0 Å². The molecule has 0 aliphatic carbocycles. The van der Waals surface area contributed by atoms with Gasteiger partial charge in [-0.2, -0.15) is 5.26 Å². The lowest BCUT2D eigenvalue weighted by Crippen LogP contribution is -2.13. The number of methoxy groups -OCH3 is 1. The molecule has 0 spiro atoms. The van der Waals surface area contributed by atoms with Crippen molar-refractivity contribution in [3.05, 3.63) is 76.4 Å². The van der Waals surface area contributed by atoms with Crippen molar-refractivity contribution in [3.63, 3.8) is 0 Å². The number of aromatic amines is 1. The summed E-state index contributed by atoms with van der Waals surface area (Å²) < 4.78 is 5.27. The SMILES string of the molecule is COc1ccc2[nH]cc(CC(=O)Nc3ncc(Cc4ccc(C#N)cc4)s3)c2c1. The van der Waals surface area contributed by atoms with E-state index in [-0.39, 0.29) is 12.3 Å². The van der Waals surface area contributed by atoms with E-state index in [4.69, 9.17) is 10.00 Å². The molecule has 0 fully saturated rings. The van der Waals surface area contributed by atoms with E-state index < -0.39 is 0 Å². The number of thiazole rings is 1. The highest BCUT2D eigenvalue weighted by molar-refractivity contribution is 7.15. The number of amides is 1. The minimum absolute atomic E-state index is 0.118. The molecule has 2 aromatic carbocycles. The fourth-order valence-electron chi connectivity index (χ4n) is 3.11.